The van der Waals surface area contributed by atoms with E-state index < -0.39 is 0 Å². The Morgan fingerprint density at radius 3 is 2.36 bits per heavy atom. The number of anilines is 1. The van der Waals surface area contributed by atoms with Crippen molar-refractivity contribution >= 4 is 34.7 Å². The lowest BCUT2D eigenvalue weighted by atomic mass is 10.1. The summed E-state index contributed by atoms with van der Waals surface area (Å²) in [5.74, 6) is -0.147. The van der Waals surface area contributed by atoms with Crippen LogP contribution in [0.4, 0.5) is 5.69 Å². The maximum atomic E-state index is 12.8. The van der Waals surface area contributed by atoms with Crippen molar-refractivity contribution in [3.05, 3.63) is 83.4 Å². The standard InChI is InChI=1S/C27H20N4O4S/c32-24-15-35-23-10-9-17(21-16-36-25(29-21)20-8-3-4-11-28-20)14-22(23)30(24)12-5-13-31-26(33)18-6-1-2-7-19(18)27(31)34/h1-4,6-11,14,16H,5,12-13,15H2. The zero-order chi connectivity index (χ0) is 24.6. The van der Waals surface area contributed by atoms with Crippen molar-refractivity contribution in [2.24, 2.45) is 0 Å². The van der Waals surface area contributed by atoms with Gasteiger partial charge in [-0.1, -0.05) is 18.2 Å². The van der Waals surface area contributed by atoms with E-state index in [1.165, 1.54) is 16.2 Å². The maximum absolute atomic E-state index is 12.8. The molecule has 0 spiro atoms. The lowest BCUT2D eigenvalue weighted by molar-refractivity contribution is -0.121. The first-order valence-electron chi connectivity index (χ1n) is 11.5. The molecule has 0 bridgehead atoms. The highest BCUT2D eigenvalue weighted by molar-refractivity contribution is 7.13. The zero-order valence-corrected chi connectivity index (χ0v) is 19.9. The number of fused-ring (bicyclic) bond motifs is 2. The number of pyridine rings is 1. The zero-order valence-electron chi connectivity index (χ0n) is 19.1. The first-order valence-corrected chi connectivity index (χ1v) is 12.4. The largest absolute Gasteiger partial charge is 0.482 e. The van der Waals surface area contributed by atoms with Gasteiger partial charge in [0.05, 0.1) is 28.2 Å². The summed E-state index contributed by atoms with van der Waals surface area (Å²) in [7, 11) is 0. The molecule has 2 aromatic heterocycles. The Kier molecular flexibility index (Phi) is 5.54. The van der Waals surface area contributed by atoms with Crippen LogP contribution in [-0.4, -0.2) is 52.3 Å². The Labute approximate surface area is 210 Å². The van der Waals surface area contributed by atoms with Crippen LogP contribution < -0.4 is 9.64 Å². The van der Waals surface area contributed by atoms with Gasteiger partial charge in [-0.05, 0) is 48.9 Å². The molecule has 178 valence electrons. The molecule has 0 saturated heterocycles. The van der Waals surface area contributed by atoms with Crippen LogP contribution in [0.5, 0.6) is 5.75 Å². The summed E-state index contributed by atoms with van der Waals surface area (Å²) >= 11 is 1.50. The second kappa shape index (κ2) is 9.01. The minimum Gasteiger partial charge on any atom is -0.482 e. The van der Waals surface area contributed by atoms with Crippen LogP contribution in [0.1, 0.15) is 27.1 Å². The summed E-state index contributed by atoms with van der Waals surface area (Å²) in [4.78, 5) is 50.1. The number of imide groups is 1. The van der Waals surface area contributed by atoms with E-state index in [4.69, 9.17) is 9.72 Å². The topological polar surface area (TPSA) is 92.7 Å². The van der Waals surface area contributed by atoms with Gasteiger partial charge in [-0.3, -0.25) is 24.3 Å². The van der Waals surface area contributed by atoms with Crippen LogP contribution >= 0.6 is 11.3 Å². The molecule has 36 heavy (non-hydrogen) atoms. The SMILES string of the molecule is O=C1c2ccccc2C(=O)N1CCCN1C(=O)COc2ccc(-c3csc(-c4ccccn4)n3)cc21. The van der Waals surface area contributed by atoms with Crippen molar-refractivity contribution in [1.82, 2.24) is 14.9 Å². The monoisotopic (exact) mass is 496 g/mol. The molecular weight excluding hydrogens is 476 g/mol. The summed E-state index contributed by atoms with van der Waals surface area (Å²) in [5, 5.41) is 2.78. The quantitative estimate of drug-likeness (QED) is 0.370. The van der Waals surface area contributed by atoms with E-state index in [0.29, 0.717) is 35.5 Å². The number of benzene rings is 2. The summed E-state index contributed by atoms with van der Waals surface area (Å²) in [6.07, 6.45) is 2.18. The summed E-state index contributed by atoms with van der Waals surface area (Å²) in [6.45, 7) is 0.522. The predicted octanol–water partition coefficient (Wildman–Crippen LogP) is 4.28. The summed E-state index contributed by atoms with van der Waals surface area (Å²) in [6, 6.07) is 18.2. The van der Waals surface area contributed by atoms with Gasteiger partial charge in [0.2, 0.25) is 0 Å². The third-order valence-electron chi connectivity index (χ3n) is 6.23. The van der Waals surface area contributed by atoms with Gasteiger partial charge in [-0.25, -0.2) is 4.98 Å². The Morgan fingerprint density at radius 2 is 1.61 bits per heavy atom. The van der Waals surface area contributed by atoms with E-state index in [0.717, 1.165) is 22.0 Å². The van der Waals surface area contributed by atoms with Crippen molar-refractivity contribution in [3.8, 4) is 27.7 Å². The van der Waals surface area contributed by atoms with Crippen LogP contribution in [0.3, 0.4) is 0 Å². The van der Waals surface area contributed by atoms with Gasteiger partial charge in [-0.2, -0.15) is 0 Å². The lowest BCUT2D eigenvalue weighted by Gasteiger charge is -2.30. The molecule has 0 aliphatic carbocycles. The molecule has 0 saturated carbocycles. The lowest BCUT2D eigenvalue weighted by Crippen LogP contribution is -2.41. The van der Waals surface area contributed by atoms with E-state index in [1.807, 2.05) is 41.8 Å². The number of nitrogens with zero attached hydrogens (tertiary/aromatic N) is 4. The van der Waals surface area contributed by atoms with E-state index >= 15 is 0 Å². The number of hydrogen-bond donors (Lipinski definition) is 0. The number of amides is 3. The van der Waals surface area contributed by atoms with Crippen LogP contribution in [0.2, 0.25) is 0 Å². The molecule has 0 radical (unpaired) electrons. The fourth-order valence-corrected chi connectivity index (χ4v) is 5.25. The molecule has 0 unspecified atom stereocenters. The third-order valence-corrected chi connectivity index (χ3v) is 7.09. The molecule has 4 heterocycles. The smallest absolute Gasteiger partial charge is 0.265 e. The highest BCUT2D eigenvalue weighted by atomic mass is 32.1. The van der Waals surface area contributed by atoms with Crippen LogP contribution in [0, 0.1) is 0 Å². The number of carbonyl (C=O) groups excluding carboxylic acids is 3. The fourth-order valence-electron chi connectivity index (χ4n) is 4.45. The molecular formula is C27H20N4O4S. The first kappa shape index (κ1) is 22.1. The van der Waals surface area contributed by atoms with E-state index in [9.17, 15) is 14.4 Å². The molecule has 2 aromatic carbocycles. The second-order valence-corrected chi connectivity index (χ2v) is 9.29. The molecule has 8 nitrogen and oxygen atoms in total. The van der Waals surface area contributed by atoms with Crippen molar-refractivity contribution in [1.29, 1.82) is 0 Å². The van der Waals surface area contributed by atoms with Crippen LogP contribution in [-0.2, 0) is 4.79 Å². The fraction of sp³-hybridized carbons (Fsp3) is 0.148. The maximum Gasteiger partial charge on any atom is 0.265 e. The normalized spacial score (nSPS) is 14.6. The van der Waals surface area contributed by atoms with Crippen molar-refractivity contribution < 1.29 is 19.1 Å². The average molecular weight is 497 g/mol. The highest BCUT2D eigenvalue weighted by Crippen LogP contribution is 2.37. The summed E-state index contributed by atoms with van der Waals surface area (Å²) in [5.41, 5.74) is 3.95. The molecule has 0 N–H and O–H groups in total. The molecule has 0 atom stereocenters. The number of ether oxygens (including phenoxy) is 1. The van der Waals surface area contributed by atoms with Gasteiger partial charge in [0, 0.05) is 30.2 Å². The Morgan fingerprint density at radius 1 is 0.861 bits per heavy atom. The van der Waals surface area contributed by atoms with E-state index in [2.05, 4.69) is 4.98 Å². The molecule has 2 aliphatic heterocycles. The highest BCUT2D eigenvalue weighted by Gasteiger charge is 2.35. The van der Waals surface area contributed by atoms with Gasteiger partial charge < -0.3 is 9.64 Å². The molecule has 0 fully saturated rings. The van der Waals surface area contributed by atoms with Crippen LogP contribution in [0.25, 0.3) is 22.0 Å². The van der Waals surface area contributed by atoms with Crippen LogP contribution in [0.15, 0.2) is 72.2 Å². The van der Waals surface area contributed by atoms with Gasteiger partial charge in [0.1, 0.15) is 10.8 Å². The first-order chi connectivity index (χ1) is 17.6. The second-order valence-electron chi connectivity index (χ2n) is 8.43. The molecule has 3 amide bonds. The van der Waals surface area contributed by atoms with Crippen molar-refractivity contribution in [2.45, 2.75) is 6.42 Å². The van der Waals surface area contributed by atoms with E-state index in [1.54, 1.807) is 35.4 Å². The minimum absolute atomic E-state index is 0.0557. The summed E-state index contributed by atoms with van der Waals surface area (Å²) < 4.78 is 5.65. The van der Waals surface area contributed by atoms with Gasteiger partial charge in [-0.15, -0.1) is 11.3 Å². The third kappa shape index (κ3) is 3.83. The number of aromatic nitrogens is 2. The minimum atomic E-state index is -0.293. The molecule has 2 aliphatic rings. The number of hydrogen-bond acceptors (Lipinski definition) is 7. The molecule has 6 rings (SSSR count). The van der Waals surface area contributed by atoms with Gasteiger partial charge in [0.25, 0.3) is 17.7 Å². The number of carbonyl (C=O) groups is 3. The number of rotatable bonds is 6. The Balaban J connectivity index is 1.20. The van der Waals surface area contributed by atoms with Crippen molar-refractivity contribution in [3.63, 3.8) is 0 Å². The Bertz CT molecular complexity index is 1470. The van der Waals surface area contributed by atoms with Gasteiger partial charge >= 0.3 is 0 Å². The van der Waals surface area contributed by atoms with E-state index in [-0.39, 0.29) is 30.9 Å². The molecule has 9 heteroatoms. The van der Waals surface area contributed by atoms with Gasteiger partial charge in [0.15, 0.2) is 6.61 Å². The molecule has 4 aromatic rings. The van der Waals surface area contributed by atoms with Crippen molar-refractivity contribution in [2.75, 3.05) is 24.6 Å². The predicted molar refractivity (Wildman–Crippen MR) is 135 cm³/mol. The number of thiazole rings is 1. The average Bonchev–Trinajstić information content (AvgIpc) is 3.50. The Hall–Kier alpha value is -4.37.